The van der Waals surface area contributed by atoms with Crippen LogP contribution in [0.2, 0.25) is 5.02 Å². The lowest BCUT2D eigenvalue weighted by atomic mass is 10.2. The predicted molar refractivity (Wildman–Crippen MR) is 61.7 cm³/mol. The second-order valence-corrected chi connectivity index (χ2v) is 3.57. The Balaban J connectivity index is 2.99. The van der Waals surface area contributed by atoms with Crippen molar-refractivity contribution in [2.75, 3.05) is 13.2 Å². The highest BCUT2D eigenvalue weighted by Gasteiger charge is 2.11. The molecule has 17 heavy (non-hydrogen) atoms. The molecule has 2 N–H and O–H groups in total. The Morgan fingerprint density at radius 3 is 2.53 bits per heavy atom. The largest absolute Gasteiger partial charge is 0.490 e. The van der Waals surface area contributed by atoms with Crippen molar-refractivity contribution in [1.29, 1.82) is 0 Å². The van der Waals surface area contributed by atoms with E-state index < -0.39 is 12.6 Å². The van der Waals surface area contributed by atoms with Gasteiger partial charge in [0.15, 0.2) is 18.1 Å². The summed E-state index contributed by atoms with van der Waals surface area (Å²) in [7, 11) is 0. The number of halogens is 1. The lowest BCUT2D eigenvalue weighted by molar-refractivity contribution is -0.139. The lowest BCUT2D eigenvalue weighted by Gasteiger charge is -2.13. The molecule has 0 aliphatic rings. The average molecular weight is 261 g/mol. The Bertz CT molecular complexity index is 405. The van der Waals surface area contributed by atoms with Crippen LogP contribution >= 0.6 is 11.6 Å². The maximum atomic E-state index is 10.4. The van der Waals surface area contributed by atoms with E-state index in [0.717, 1.165) is 0 Å². The molecule has 0 aliphatic carbocycles. The Morgan fingerprint density at radius 1 is 1.35 bits per heavy atom. The van der Waals surface area contributed by atoms with Gasteiger partial charge in [-0.05, 0) is 18.6 Å². The standard InChI is InChI=1S/C11H13ClO5/c1-2-16-9-3-7(5-13)8(12)4-10(9)17-6-11(14)15/h3-4,13H,2,5-6H2,1H3,(H,14,15). The van der Waals surface area contributed by atoms with E-state index in [9.17, 15) is 4.79 Å². The fraction of sp³-hybridized carbons (Fsp3) is 0.364. The minimum atomic E-state index is -1.09. The van der Waals surface area contributed by atoms with E-state index in [0.29, 0.717) is 22.9 Å². The maximum absolute atomic E-state index is 10.4. The number of aliphatic hydroxyl groups is 1. The number of rotatable bonds is 6. The van der Waals surface area contributed by atoms with Crippen molar-refractivity contribution in [2.45, 2.75) is 13.5 Å². The minimum Gasteiger partial charge on any atom is -0.490 e. The van der Waals surface area contributed by atoms with Crippen molar-refractivity contribution in [1.82, 2.24) is 0 Å². The molecule has 0 fully saturated rings. The van der Waals surface area contributed by atoms with Gasteiger partial charge in [-0.3, -0.25) is 0 Å². The first kappa shape index (κ1) is 13.6. The third-order valence-corrected chi connectivity index (χ3v) is 2.29. The number of aliphatic hydroxyl groups excluding tert-OH is 1. The first-order valence-electron chi connectivity index (χ1n) is 4.99. The van der Waals surface area contributed by atoms with Crippen LogP contribution in [0.25, 0.3) is 0 Å². The van der Waals surface area contributed by atoms with Crippen molar-refractivity contribution in [2.24, 2.45) is 0 Å². The molecule has 94 valence electrons. The number of carbonyl (C=O) groups is 1. The minimum absolute atomic E-state index is 0.224. The molecule has 6 heteroatoms. The summed E-state index contributed by atoms with van der Waals surface area (Å²) in [6, 6.07) is 2.96. The Labute approximate surface area is 104 Å². The Morgan fingerprint density at radius 2 is 2.00 bits per heavy atom. The van der Waals surface area contributed by atoms with E-state index in [2.05, 4.69) is 0 Å². The molecule has 1 aromatic rings. The van der Waals surface area contributed by atoms with Gasteiger partial charge < -0.3 is 19.7 Å². The summed E-state index contributed by atoms with van der Waals surface area (Å²) < 4.78 is 10.3. The first-order chi connectivity index (χ1) is 8.08. The molecule has 0 heterocycles. The monoisotopic (exact) mass is 260 g/mol. The van der Waals surface area contributed by atoms with Crippen LogP contribution in [-0.4, -0.2) is 29.4 Å². The van der Waals surface area contributed by atoms with Gasteiger partial charge in [0.05, 0.1) is 18.2 Å². The van der Waals surface area contributed by atoms with Gasteiger partial charge in [-0.25, -0.2) is 4.79 Å². The molecule has 0 amide bonds. The van der Waals surface area contributed by atoms with E-state index in [4.69, 9.17) is 31.3 Å². The quantitative estimate of drug-likeness (QED) is 0.814. The van der Waals surface area contributed by atoms with Crippen LogP contribution in [0.3, 0.4) is 0 Å². The summed E-state index contributed by atoms with van der Waals surface area (Å²) in [5.74, 6) is -0.478. The smallest absolute Gasteiger partial charge is 0.341 e. The average Bonchev–Trinajstić information content (AvgIpc) is 2.29. The molecule has 0 unspecified atom stereocenters. The van der Waals surface area contributed by atoms with Crippen molar-refractivity contribution in [3.8, 4) is 11.5 Å². The number of hydrogen-bond acceptors (Lipinski definition) is 4. The predicted octanol–water partition coefficient (Wildman–Crippen LogP) is 1.69. The van der Waals surface area contributed by atoms with E-state index in [1.807, 2.05) is 0 Å². The maximum Gasteiger partial charge on any atom is 0.341 e. The summed E-state index contributed by atoms with van der Waals surface area (Å²) in [6.07, 6.45) is 0. The molecule has 0 saturated heterocycles. The van der Waals surface area contributed by atoms with Gasteiger partial charge in [-0.2, -0.15) is 0 Å². The molecule has 0 bridgehead atoms. The number of hydrogen-bond donors (Lipinski definition) is 2. The van der Waals surface area contributed by atoms with Crippen molar-refractivity contribution in [3.63, 3.8) is 0 Å². The van der Waals surface area contributed by atoms with E-state index in [1.165, 1.54) is 12.1 Å². The highest BCUT2D eigenvalue weighted by atomic mass is 35.5. The van der Waals surface area contributed by atoms with Crippen LogP contribution in [0, 0.1) is 0 Å². The van der Waals surface area contributed by atoms with E-state index in [1.54, 1.807) is 6.92 Å². The molecule has 0 aliphatic heterocycles. The highest BCUT2D eigenvalue weighted by molar-refractivity contribution is 6.31. The first-order valence-corrected chi connectivity index (χ1v) is 5.37. The molecule has 1 rings (SSSR count). The fourth-order valence-corrected chi connectivity index (χ4v) is 1.43. The second-order valence-electron chi connectivity index (χ2n) is 3.16. The molecule has 1 aromatic carbocycles. The van der Waals surface area contributed by atoms with Crippen LogP contribution < -0.4 is 9.47 Å². The Hall–Kier alpha value is -1.46. The van der Waals surface area contributed by atoms with Crippen molar-refractivity contribution < 1.29 is 24.5 Å². The topological polar surface area (TPSA) is 76.0 Å². The van der Waals surface area contributed by atoms with Gasteiger partial charge in [0.2, 0.25) is 0 Å². The van der Waals surface area contributed by atoms with Gasteiger partial charge in [-0.1, -0.05) is 11.6 Å². The van der Waals surface area contributed by atoms with Gasteiger partial charge in [0, 0.05) is 6.07 Å². The van der Waals surface area contributed by atoms with Crippen molar-refractivity contribution in [3.05, 3.63) is 22.7 Å². The molecular weight excluding hydrogens is 248 g/mol. The van der Waals surface area contributed by atoms with Crippen LogP contribution in [0.4, 0.5) is 0 Å². The molecule has 0 atom stereocenters. The zero-order valence-electron chi connectivity index (χ0n) is 9.27. The highest BCUT2D eigenvalue weighted by Crippen LogP contribution is 2.33. The van der Waals surface area contributed by atoms with Crippen LogP contribution in [-0.2, 0) is 11.4 Å². The summed E-state index contributed by atoms with van der Waals surface area (Å²) in [4.78, 5) is 10.4. The summed E-state index contributed by atoms with van der Waals surface area (Å²) in [5.41, 5.74) is 0.498. The molecule has 0 saturated carbocycles. The number of carboxylic acids is 1. The summed E-state index contributed by atoms with van der Waals surface area (Å²) in [5, 5.41) is 17.9. The third-order valence-electron chi connectivity index (χ3n) is 1.93. The molecule has 0 spiro atoms. The van der Waals surface area contributed by atoms with Gasteiger partial charge >= 0.3 is 5.97 Å². The normalized spacial score (nSPS) is 10.1. The van der Waals surface area contributed by atoms with Crippen LogP contribution in [0.5, 0.6) is 11.5 Å². The number of ether oxygens (including phenoxy) is 2. The van der Waals surface area contributed by atoms with E-state index >= 15 is 0 Å². The third kappa shape index (κ3) is 3.80. The van der Waals surface area contributed by atoms with Gasteiger partial charge in [0.25, 0.3) is 0 Å². The van der Waals surface area contributed by atoms with Crippen LogP contribution in [0.15, 0.2) is 12.1 Å². The number of aliphatic carboxylic acids is 1. The second kappa shape index (κ2) is 6.32. The SMILES string of the molecule is CCOc1cc(CO)c(Cl)cc1OCC(=O)O. The molecule has 0 radical (unpaired) electrons. The number of benzene rings is 1. The van der Waals surface area contributed by atoms with Gasteiger partial charge in [0.1, 0.15) is 0 Å². The van der Waals surface area contributed by atoms with E-state index in [-0.39, 0.29) is 12.4 Å². The van der Waals surface area contributed by atoms with Crippen LogP contribution in [0.1, 0.15) is 12.5 Å². The lowest BCUT2D eigenvalue weighted by Crippen LogP contribution is -2.10. The fourth-order valence-electron chi connectivity index (χ4n) is 1.22. The summed E-state index contributed by atoms with van der Waals surface area (Å²) in [6.45, 7) is 1.48. The zero-order chi connectivity index (χ0) is 12.8. The number of carboxylic acid groups (broad SMARTS) is 1. The van der Waals surface area contributed by atoms with Gasteiger partial charge in [-0.15, -0.1) is 0 Å². The van der Waals surface area contributed by atoms with Crippen molar-refractivity contribution >= 4 is 17.6 Å². The Kier molecular flexibility index (Phi) is 5.06. The molecular formula is C11H13ClO5. The molecule has 5 nitrogen and oxygen atoms in total. The zero-order valence-corrected chi connectivity index (χ0v) is 10.0. The molecule has 0 aromatic heterocycles. The summed E-state index contributed by atoms with van der Waals surface area (Å²) >= 11 is 5.87.